The molecule has 9 nitrogen and oxygen atoms in total. The van der Waals surface area contributed by atoms with E-state index < -0.39 is 22.1 Å². The highest BCUT2D eigenvalue weighted by molar-refractivity contribution is 7.90. The first-order valence-corrected chi connectivity index (χ1v) is 9.60. The third kappa shape index (κ3) is 4.34. The van der Waals surface area contributed by atoms with Crippen LogP contribution in [0.1, 0.15) is 16.8 Å². The Hall–Kier alpha value is -3.14. The van der Waals surface area contributed by atoms with Gasteiger partial charge in [0.15, 0.2) is 0 Å². The van der Waals surface area contributed by atoms with E-state index in [1.165, 1.54) is 23.1 Å². The second-order valence-corrected chi connectivity index (χ2v) is 7.81. The van der Waals surface area contributed by atoms with Gasteiger partial charge in [0.1, 0.15) is 5.82 Å². The summed E-state index contributed by atoms with van der Waals surface area (Å²) in [7, 11) is -3.99. The monoisotopic (exact) mass is 390 g/mol. The van der Waals surface area contributed by atoms with Crippen LogP contribution < -0.4 is 10.0 Å². The molecule has 0 bridgehead atoms. The van der Waals surface area contributed by atoms with Gasteiger partial charge in [0.2, 0.25) is 0 Å². The lowest BCUT2D eigenvalue weighted by Crippen LogP contribution is -2.36. The van der Waals surface area contributed by atoms with Crippen LogP contribution >= 0.6 is 0 Å². The summed E-state index contributed by atoms with van der Waals surface area (Å²) in [6, 6.07) is 8.35. The summed E-state index contributed by atoms with van der Waals surface area (Å²) in [5, 5.41) is 11.4. The minimum absolute atomic E-state index is 0.0181. The molecule has 0 saturated heterocycles. The second kappa shape index (κ2) is 7.23. The lowest BCUT2D eigenvalue weighted by molar-refractivity contribution is 0.139. The molecule has 3 N–H and O–H groups in total. The molecular weight excluding hydrogens is 372 g/mol. The lowest BCUT2D eigenvalue weighted by atomic mass is 10.1. The summed E-state index contributed by atoms with van der Waals surface area (Å²) in [4.78, 5) is 28.6. The van der Waals surface area contributed by atoms with Crippen LogP contribution in [0.5, 0.6) is 0 Å². The Morgan fingerprint density at radius 1 is 1.15 bits per heavy atom. The molecule has 0 saturated carbocycles. The van der Waals surface area contributed by atoms with Gasteiger partial charge in [0.25, 0.3) is 10.0 Å². The van der Waals surface area contributed by atoms with Gasteiger partial charge in [0.05, 0.1) is 11.4 Å². The molecule has 3 amide bonds. The van der Waals surface area contributed by atoms with E-state index in [2.05, 4.69) is 10.3 Å². The first-order chi connectivity index (χ1) is 12.7. The Balaban J connectivity index is 1.68. The number of carboxylic acid groups (broad SMARTS) is 1. The van der Waals surface area contributed by atoms with Gasteiger partial charge in [-0.15, -0.1) is 0 Å². The number of amides is 3. The van der Waals surface area contributed by atoms with E-state index in [-0.39, 0.29) is 17.3 Å². The molecule has 1 aromatic heterocycles. The molecule has 0 unspecified atom stereocenters. The minimum Gasteiger partial charge on any atom is -0.465 e. The van der Waals surface area contributed by atoms with Gasteiger partial charge in [-0.3, -0.25) is 5.32 Å². The maximum absolute atomic E-state index is 12.2. The van der Waals surface area contributed by atoms with Crippen molar-refractivity contribution in [2.75, 3.05) is 11.9 Å². The average Bonchev–Trinajstić information content (AvgIpc) is 2.61. The largest absolute Gasteiger partial charge is 0.465 e. The number of nitrogens with zero attached hydrogens (tertiary/aromatic N) is 2. The van der Waals surface area contributed by atoms with E-state index in [0.29, 0.717) is 18.7 Å². The number of carbonyl (C=O) groups excluding carboxylic acids is 1. The number of aryl methyl sites for hydroxylation is 1. The predicted molar refractivity (Wildman–Crippen MR) is 96.9 cm³/mol. The Kier molecular flexibility index (Phi) is 5.00. The highest BCUT2D eigenvalue weighted by Crippen LogP contribution is 2.19. The number of fused-ring (bicyclic) bond motifs is 1. The number of benzene rings is 1. The van der Waals surface area contributed by atoms with Crippen molar-refractivity contribution in [2.24, 2.45) is 0 Å². The Morgan fingerprint density at radius 2 is 1.85 bits per heavy atom. The second-order valence-electron chi connectivity index (χ2n) is 6.13. The average molecular weight is 390 g/mol. The zero-order chi connectivity index (χ0) is 19.6. The molecule has 10 heteroatoms. The Bertz CT molecular complexity index is 989. The fourth-order valence-corrected chi connectivity index (χ4v) is 3.60. The highest BCUT2D eigenvalue weighted by atomic mass is 32.2. The third-order valence-electron chi connectivity index (χ3n) is 4.12. The molecule has 0 atom stereocenters. The summed E-state index contributed by atoms with van der Waals surface area (Å²) in [5.74, 6) is 0.189. The standard InChI is InChI=1S/C17H18N4O5S/c1-11-2-5-13(6-3-11)27(25,26)20-16(22)19-15-7-4-12-10-21(17(23)24)9-8-14(12)18-15/h2-7H,8-10H2,1H3,(H,23,24)(H2,18,19,20,22). The van der Waals surface area contributed by atoms with E-state index in [0.717, 1.165) is 11.1 Å². The molecule has 0 fully saturated rings. The van der Waals surface area contributed by atoms with Crippen LogP contribution in [0.25, 0.3) is 0 Å². The predicted octanol–water partition coefficient (Wildman–Crippen LogP) is 1.94. The number of nitrogens with one attached hydrogen (secondary N) is 2. The number of sulfonamides is 1. The molecule has 1 aromatic carbocycles. The van der Waals surface area contributed by atoms with Gasteiger partial charge in [-0.25, -0.2) is 27.7 Å². The van der Waals surface area contributed by atoms with Crippen molar-refractivity contribution >= 4 is 28.0 Å². The van der Waals surface area contributed by atoms with Crippen molar-refractivity contribution in [3.63, 3.8) is 0 Å². The number of urea groups is 1. The van der Waals surface area contributed by atoms with Gasteiger partial charge in [-0.2, -0.15) is 0 Å². The van der Waals surface area contributed by atoms with Crippen molar-refractivity contribution in [1.82, 2.24) is 14.6 Å². The lowest BCUT2D eigenvalue weighted by Gasteiger charge is -2.25. The molecular formula is C17H18N4O5S. The zero-order valence-electron chi connectivity index (χ0n) is 14.5. The summed E-state index contributed by atoms with van der Waals surface area (Å²) < 4.78 is 26.4. The summed E-state index contributed by atoms with van der Waals surface area (Å²) >= 11 is 0. The van der Waals surface area contributed by atoms with Crippen LogP contribution in [-0.4, -0.2) is 42.1 Å². The highest BCUT2D eigenvalue weighted by Gasteiger charge is 2.22. The molecule has 1 aliphatic rings. The fraction of sp³-hybridized carbons (Fsp3) is 0.235. The van der Waals surface area contributed by atoms with Crippen molar-refractivity contribution in [1.29, 1.82) is 0 Å². The van der Waals surface area contributed by atoms with Gasteiger partial charge in [-0.1, -0.05) is 23.8 Å². The van der Waals surface area contributed by atoms with Crippen molar-refractivity contribution < 1.29 is 23.1 Å². The van der Waals surface area contributed by atoms with Crippen LogP contribution in [-0.2, 0) is 23.0 Å². The normalized spacial score (nSPS) is 13.6. The van der Waals surface area contributed by atoms with Crippen molar-refractivity contribution in [2.45, 2.75) is 24.8 Å². The number of aromatic nitrogens is 1. The number of anilines is 1. The first kappa shape index (κ1) is 18.6. The van der Waals surface area contributed by atoms with E-state index in [4.69, 9.17) is 5.11 Å². The van der Waals surface area contributed by atoms with Crippen LogP contribution in [0.3, 0.4) is 0 Å². The van der Waals surface area contributed by atoms with Crippen LogP contribution in [0.2, 0.25) is 0 Å². The number of rotatable bonds is 3. The quantitative estimate of drug-likeness (QED) is 0.735. The summed E-state index contributed by atoms with van der Waals surface area (Å²) in [6.45, 7) is 2.37. The summed E-state index contributed by atoms with van der Waals surface area (Å²) in [5.41, 5.74) is 2.33. The molecule has 2 aromatic rings. The van der Waals surface area contributed by atoms with E-state index >= 15 is 0 Å². The number of hydrogen-bond acceptors (Lipinski definition) is 5. The first-order valence-electron chi connectivity index (χ1n) is 8.12. The topological polar surface area (TPSA) is 129 Å². The summed E-state index contributed by atoms with van der Waals surface area (Å²) in [6.07, 6.45) is -0.580. The molecule has 2 heterocycles. The maximum Gasteiger partial charge on any atom is 0.407 e. The van der Waals surface area contributed by atoms with Crippen molar-refractivity contribution in [3.05, 3.63) is 53.2 Å². The SMILES string of the molecule is Cc1ccc(S(=O)(=O)NC(=O)Nc2ccc3c(n2)CCN(C(=O)O)C3)cc1. The van der Waals surface area contributed by atoms with E-state index in [1.807, 2.05) is 11.6 Å². The van der Waals surface area contributed by atoms with Gasteiger partial charge in [-0.05, 0) is 30.7 Å². The Labute approximate surface area is 156 Å². The number of carbonyl (C=O) groups is 2. The smallest absolute Gasteiger partial charge is 0.407 e. The van der Waals surface area contributed by atoms with Gasteiger partial charge < -0.3 is 10.0 Å². The Morgan fingerprint density at radius 3 is 2.52 bits per heavy atom. The molecule has 27 heavy (non-hydrogen) atoms. The zero-order valence-corrected chi connectivity index (χ0v) is 15.3. The molecule has 1 aliphatic heterocycles. The minimum atomic E-state index is -3.99. The van der Waals surface area contributed by atoms with E-state index in [9.17, 15) is 18.0 Å². The molecule has 0 radical (unpaired) electrons. The van der Waals surface area contributed by atoms with Crippen LogP contribution in [0.4, 0.5) is 15.4 Å². The van der Waals surface area contributed by atoms with Crippen molar-refractivity contribution in [3.8, 4) is 0 Å². The molecule has 0 aliphatic carbocycles. The third-order valence-corrected chi connectivity index (χ3v) is 5.47. The van der Waals surface area contributed by atoms with Crippen LogP contribution in [0, 0.1) is 6.92 Å². The van der Waals surface area contributed by atoms with Crippen LogP contribution in [0.15, 0.2) is 41.3 Å². The maximum atomic E-state index is 12.2. The molecule has 142 valence electrons. The molecule has 3 rings (SSSR count). The number of pyridine rings is 1. The van der Waals surface area contributed by atoms with E-state index in [1.54, 1.807) is 18.2 Å². The number of hydrogen-bond donors (Lipinski definition) is 3. The van der Waals surface area contributed by atoms with Gasteiger partial charge >= 0.3 is 12.1 Å². The fourth-order valence-electron chi connectivity index (χ4n) is 2.69. The van der Waals surface area contributed by atoms with Gasteiger partial charge in [0, 0.05) is 18.7 Å². The molecule has 0 spiro atoms.